The van der Waals surface area contributed by atoms with Crippen LogP contribution in [0.25, 0.3) is 11.1 Å². The minimum absolute atomic E-state index is 0.0447. The van der Waals surface area contributed by atoms with Gasteiger partial charge in [-0.05, 0) is 82.7 Å². The predicted octanol–water partition coefficient (Wildman–Crippen LogP) is 5.83. The number of benzene rings is 3. The van der Waals surface area contributed by atoms with E-state index in [0.29, 0.717) is 30.1 Å². The first kappa shape index (κ1) is 27.2. The molecule has 5 rings (SSSR count). The van der Waals surface area contributed by atoms with Gasteiger partial charge in [-0.25, -0.2) is 8.42 Å². The van der Waals surface area contributed by atoms with Crippen molar-refractivity contribution in [3.63, 3.8) is 0 Å². The average Bonchev–Trinajstić information content (AvgIpc) is 2.89. The highest BCUT2D eigenvalue weighted by molar-refractivity contribution is 7.92. The molecule has 206 valence electrons. The van der Waals surface area contributed by atoms with Crippen LogP contribution in [-0.4, -0.2) is 45.4 Å². The number of rotatable bonds is 5. The molecule has 3 aromatic rings. The Morgan fingerprint density at radius 1 is 0.974 bits per heavy atom. The van der Waals surface area contributed by atoms with Gasteiger partial charge in [0.25, 0.3) is 5.91 Å². The van der Waals surface area contributed by atoms with Crippen molar-refractivity contribution >= 4 is 27.3 Å². The van der Waals surface area contributed by atoms with E-state index in [1.807, 2.05) is 12.1 Å². The van der Waals surface area contributed by atoms with Gasteiger partial charge in [0, 0.05) is 31.0 Å². The van der Waals surface area contributed by atoms with Crippen LogP contribution in [0.3, 0.4) is 0 Å². The third kappa shape index (κ3) is 5.82. The highest BCUT2D eigenvalue weighted by Crippen LogP contribution is 2.39. The number of fused-ring (bicyclic) bond motifs is 1. The third-order valence-corrected chi connectivity index (χ3v) is 8.25. The van der Waals surface area contributed by atoms with Gasteiger partial charge >= 0.3 is 0 Å². The molecule has 0 aromatic heterocycles. The predicted molar refractivity (Wildman–Crippen MR) is 155 cm³/mol. The van der Waals surface area contributed by atoms with Crippen LogP contribution >= 0.6 is 0 Å². The normalized spacial score (nSPS) is 16.7. The van der Waals surface area contributed by atoms with Crippen LogP contribution in [0.2, 0.25) is 0 Å². The van der Waals surface area contributed by atoms with Crippen molar-refractivity contribution in [1.29, 1.82) is 0 Å². The van der Waals surface area contributed by atoms with Crippen LogP contribution in [0.1, 0.15) is 66.6 Å². The van der Waals surface area contributed by atoms with Gasteiger partial charge in [0.1, 0.15) is 5.75 Å². The summed E-state index contributed by atoms with van der Waals surface area (Å²) in [4.78, 5) is 15.2. The van der Waals surface area contributed by atoms with Crippen LogP contribution in [0.4, 0.5) is 11.4 Å². The molecule has 2 N–H and O–H groups in total. The van der Waals surface area contributed by atoms with Crippen molar-refractivity contribution in [3.05, 3.63) is 76.9 Å². The van der Waals surface area contributed by atoms with E-state index in [0.717, 1.165) is 43.4 Å². The number of phenols is 1. The van der Waals surface area contributed by atoms with E-state index < -0.39 is 10.0 Å². The maximum Gasteiger partial charge on any atom is 0.258 e. The monoisotopic (exact) mass is 548 g/mol. The molecule has 0 bridgehead atoms. The number of carbonyl (C=O) groups excluding carboxylic acids is 1. The van der Waals surface area contributed by atoms with Crippen LogP contribution in [0.5, 0.6) is 5.75 Å². The number of nitrogens with zero attached hydrogens (tertiary/aromatic N) is 1. The SMILES string of the molecule is CC(C)(C)c1ccc(-c2ccc3c(c2)CCN(c2ccc(O)c(NS(C)(=O)=O)c2)C3=O)c(C2CCOCC2)c1. The Hall–Kier alpha value is -3.36. The second-order valence-electron chi connectivity index (χ2n) is 11.6. The summed E-state index contributed by atoms with van der Waals surface area (Å²) >= 11 is 0. The molecule has 2 heterocycles. The lowest BCUT2D eigenvalue weighted by Crippen LogP contribution is -2.37. The molecular weight excluding hydrogens is 512 g/mol. The zero-order valence-corrected chi connectivity index (χ0v) is 23.8. The van der Waals surface area contributed by atoms with E-state index in [4.69, 9.17) is 4.74 Å². The van der Waals surface area contributed by atoms with Gasteiger partial charge in [-0.1, -0.05) is 51.1 Å². The molecule has 3 aromatic carbocycles. The minimum atomic E-state index is -3.58. The first-order valence-electron chi connectivity index (χ1n) is 13.4. The number of carbonyl (C=O) groups is 1. The van der Waals surface area contributed by atoms with Crippen molar-refractivity contribution in [2.45, 2.75) is 51.4 Å². The number of anilines is 2. The Morgan fingerprint density at radius 2 is 1.69 bits per heavy atom. The summed E-state index contributed by atoms with van der Waals surface area (Å²) in [5.41, 5.74) is 7.24. The van der Waals surface area contributed by atoms with Crippen LogP contribution < -0.4 is 9.62 Å². The lowest BCUT2D eigenvalue weighted by atomic mass is 9.79. The lowest BCUT2D eigenvalue weighted by Gasteiger charge is -2.30. The summed E-state index contributed by atoms with van der Waals surface area (Å²) in [6, 6.07) is 17.4. The van der Waals surface area contributed by atoms with Gasteiger partial charge in [-0.3, -0.25) is 9.52 Å². The van der Waals surface area contributed by atoms with Crippen LogP contribution in [0, 0.1) is 0 Å². The Morgan fingerprint density at radius 3 is 2.38 bits per heavy atom. The number of phenolic OH excluding ortho intramolecular Hbond substituents is 1. The molecule has 0 unspecified atom stereocenters. The number of amides is 1. The van der Waals surface area contributed by atoms with Gasteiger partial charge in [0.15, 0.2) is 0 Å². The third-order valence-electron chi connectivity index (χ3n) is 7.66. The largest absolute Gasteiger partial charge is 0.506 e. The number of hydrogen-bond donors (Lipinski definition) is 2. The fourth-order valence-electron chi connectivity index (χ4n) is 5.51. The Kier molecular flexibility index (Phi) is 7.20. The molecule has 0 aliphatic carbocycles. The fraction of sp³-hybridized carbons (Fsp3) is 0.387. The molecule has 2 aliphatic heterocycles. The summed E-state index contributed by atoms with van der Waals surface area (Å²) in [5, 5.41) is 10.1. The Bertz CT molecular complexity index is 1520. The van der Waals surface area contributed by atoms with E-state index in [-0.39, 0.29) is 22.8 Å². The molecule has 8 heteroatoms. The van der Waals surface area contributed by atoms with Crippen molar-refractivity contribution in [1.82, 2.24) is 0 Å². The van der Waals surface area contributed by atoms with Gasteiger partial charge in [-0.15, -0.1) is 0 Å². The number of ether oxygens (including phenoxy) is 1. The van der Waals surface area contributed by atoms with Crippen LogP contribution in [0.15, 0.2) is 54.6 Å². The average molecular weight is 549 g/mol. The van der Waals surface area contributed by atoms with Crippen LogP contribution in [-0.2, 0) is 26.6 Å². The molecule has 0 radical (unpaired) electrons. The van der Waals surface area contributed by atoms with Crippen molar-refractivity contribution in [2.75, 3.05) is 35.6 Å². The second kappa shape index (κ2) is 10.3. The molecule has 2 aliphatic rings. The highest BCUT2D eigenvalue weighted by atomic mass is 32.2. The molecule has 1 fully saturated rings. The van der Waals surface area contributed by atoms with Gasteiger partial charge < -0.3 is 14.7 Å². The zero-order valence-electron chi connectivity index (χ0n) is 23.0. The molecule has 1 amide bonds. The van der Waals surface area contributed by atoms with Gasteiger partial charge in [0.05, 0.1) is 11.9 Å². The van der Waals surface area contributed by atoms with E-state index >= 15 is 0 Å². The first-order valence-corrected chi connectivity index (χ1v) is 15.3. The summed E-state index contributed by atoms with van der Waals surface area (Å²) in [6.07, 6.45) is 3.68. The molecular formula is C31H36N2O5S. The number of aromatic hydroxyl groups is 1. The fourth-order valence-corrected chi connectivity index (χ4v) is 6.08. The zero-order chi connectivity index (χ0) is 27.9. The molecule has 7 nitrogen and oxygen atoms in total. The number of hydrogen-bond acceptors (Lipinski definition) is 5. The molecule has 39 heavy (non-hydrogen) atoms. The number of sulfonamides is 1. The lowest BCUT2D eigenvalue weighted by molar-refractivity contribution is 0.0854. The van der Waals surface area contributed by atoms with Crippen molar-refractivity contribution in [3.8, 4) is 16.9 Å². The summed E-state index contributed by atoms with van der Waals surface area (Å²) in [7, 11) is -3.58. The topological polar surface area (TPSA) is 95.9 Å². The van der Waals surface area contributed by atoms with E-state index in [9.17, 15) is 18.3 Å². The Balaban J connectivity index is 1.48. The Labute approximate surface area is 230 Å². The minimum Gasteiger partial charge on any atom is -0.506 e. The summed E-state index contributed by atoms with van der Waals surface area (Å²) < 4.78 is 31.4. The summed E-state index contributed by atoms with van der Waals surface area (Å²) in [6.45, 7) is 8.71. The molecule has 0 atom stereocenters. The van der Waals surface area contributed by atoms with E-state index in [1.165, 1.54) is 28.8 Å². The van der Waals surface area contributed by atoms with Crippen molar-refractivity contribution in [2.24, 2.45) is 0 Å². The highest BCUT2D eigenvalue weighted by Gasteiger charge is 2.28. The maximum atomic E-state index is 13.5. The quantitative estimate of drug-likeness (QED) is 0.392. The van der Waals surface area contributed by atoms with Crippen molar-refractivity contribution < 1.29 is 23.1 Å². The van der Waals surface area contributed by atoms with Gasteiger partial charge in [0.2, 0.25) is 10.0 Å². The van der Waals surface area contributed by atoms with Gasteiger partial charge in [-0.2, -0.15) is 0 Å². The molecule has 1 saturated heterocycles. The standard InChI is InChI=1S/C31H36N2O5S/c1-31(2,3)23-6-9-25(27(18-23)20-12-15-38-16-13-20)21-5-8-26-22(17-21)11-14-33(30(26)35)24-7-10-29(34)28(19-24)32-39(4,36)37/h5-10,17-20,32,34H,11-16H2,1-4H3. The maximum absolute atomic E-state index is 13.5. The van der Waals surface area contributed by atoms with E-state index in [1.54, 1.807) is 11.0 Å². The first-order chi connectivity index (χ1) is 18.4. The molecule has 0 saturated carbocycles. The second-order valence-corrected chi connectivity index (χ2v) is 13.3. The smallest absolute Gasteiger partial charge is 0.258 e. The number of nitrogens with one attached hydrogen (secondary N) is 1. The molecule has 0 spiro atoms. The van der Waals surface area contributed by atoms with E-state index in [2.05, 4.69) is 49.8 Å². The summed E-state index contributed by atoms with van der Waals surface area (Å²) in [5.74, 6) is 0.0939.